The summed E-state index contributed by atoms with van der Waals surface area (Å²) in [4.78, 5) is 33.3. The molecule has 2 atom stereocenters. The molecular weight excluding hydrogens is 351 g/mol. The second-order valence-corrected chi connectivity index (χ2v) is 4.38. The van der Waals surface area contributed by atoms with Gasteiger partial charge in [0.2, 0.25) is 0 Å². The number of carbonyl (C=O) groups excluding carboxylic acids is 2. The molecule has 2 aromatic heterocycles. The number of nitrogens with one attached hydrogen (secondary N) is 2. The van der Waals surface area contributed by atoms with Crippen molar-refractivity contribution in [1.29, 1.82) is 0 Å². The molecule has 0 spiro atoms. The molecule has 2 aromatic rings. The smallest absolute Gasteiger partial charge is 0.548 e. The zero-order chi connectivity index (χ0) is 16.5. The Balaban J connectivity index is 0.000000403. The largest absolute Gasteiger partial charge is 2.00 e. The summed E-state index contributed by atoms with van der Waals surface area (Å²) in [5, 5.41) is 20.3. The van der Waals surface area contributed by atoms with E-state index in [0.29, 0.717) is 11.4 Å². The van der Waals surface area contributed by atoms with Crippen molar-refractivity contribution in [3.05, 3.63) is 36.4 Å². The van der Waals surface area contributed by atoms with Gasteiger partial charge in [-0.05, 0) is 0 Å². The second-order valence-electron chi connectivity index (χ2n) is 4.38. The average molecular weight is 367 g/mol. The predicted octanol–water partition coefficient (Wildman–Crippen LogP) is -3.94. The molecule has 6 N–H and O–H groups in total. The van der Waals surface area contributed by atoms with Crippen molar-refractivity contribution in [2.45, 2.75) is 24.9 Å². The minimum atomic E-state index is -1.26. The van der Waals surface area contributed by atoms with Crippen molar-refractivity contribution in [2.24, 2.45) is 11.5 Å². The monoisotopic (exact) mass is 366 g/mol. The molecule has 0 saturated carbocycles. The second kappa shape index (κ2) is 10.5. The number of aromatic nitrogens is 4. The number of nitrogens with zero attached hydrogens (tertiary/aromatic N) is 2. The number of imidazole rings is 2. The van der Waals surface area contributed by atoms with Crippen LogP contribution in [-0.4, -0.2) is 44.0 Å². The summed E-state index contributed by atoms with van der Waals surface area (Å²) in [5.74, 6) is -2.51. The Bertz CT molecular complexity index is 522. The van der Waals surface area contributed by atoms with Crippen LogP contribution in [0.15, 0.2) is 25.0 Å². The van der Waals surface area contributed by atoms with E-state index in [9.17, 15) is 19.8 Å². The number of carboxylic acid groups (broad SMARTS) is 2. The molecule has 2 rings (SSSR count). The Morgan fingerprint density at radius 2 is 1.30 bits per heavy atom. The van der Waals surface area contributed by atoms with E-state index in [1.807, 2.05) is 0 Å². The molecule has 128 valence electrons. The first-order valence-corrected chi connectivity index (χ1v) is 6.28. The third-order valence-corrected chi connectivity index (χ3v) is 2.57. The third kappa shape index (κ3) is 8.10. The Hall–Kier alpha value is -2.23. The summed E-state index contributed by atoms with van der Waals surface area (Å²) in [6, 6.07) is -1.95. The molecule has 0 aliphatic rings. The van der Waals surface area contributed by atoms with Gasteiger partial charge in [0.15, 0.2) is 0 Å². The van der Waals surface area contributed by atoms with E-state index >= 15 is 0 Å². The van der Waals surface area contributed by atoms with Crippen molar-refractivity contribution in [1.82, 2.24) is 19.9 Å². The molecule has 0 radical (unpaired) electrons. The minimum Gasteiger partial charge on any atom is -0.548 e. The van der Waals surface area contributed by atoms with Gasteiger partial charge in [-0.15, -0.1) is 0 Å². The molecule has 0 saturated heterocycles. The number of H-pyrrole nitrogens is 2. The maximum absolute atomic E-state index is 10.2. The summed E-state index contributed by atoms with van der Waals surface area (Å²) in [7, 11) is 0. The Morgan fingerprint density at radius 1 is 0.957 bits per heavy atom. The van der Waals surface area contributed by atoms with Gasteiger partial charge in [-0.2, -0.15) is 0 Å². The summed E-state index contributed by atoms with van der Waals surface area (Å²) >= 11 is 0. The zero-order valence-electron chi connectivity index (χ0n) is 11.9. The van der Waals surface area contributed by atoms with E-state index in [1.165, 1.54) is 12.7 Å². The predicted molar refractivity (Wildman–Crippen MR) is 70.5 cm³/mol. The van der Waals surface area contributed by atoms with Gasteiger partial charge in [-0.25, -0.2) is 9.97 Å². The van der Waals surface area contributed by atoms with Crippen molar-refractivity contribution in [2.75, 3.05) is 0 Å². The molecule has 0 fully saturated rings. The Kier molecular flexibility index (Phi) is 9.48. The molecule has 10 nitrogen and oxygen atoms in total. The summed E-state index contributed by atoms with van der Waals surface area (Å²) in [6.45, 7) is 0. The van der Waals surface area contributed by atoms with Crippen LogP contribution in [0.2, 0.25) is 0 Å². The van der Waals surface area contributed by atoms with Crippen LogP contribution in [0.4, 0.5) is 0 Å². The summed E-state index contributed by atoms with van der Waals surface area (Å²) in [5.41, 5.74) is 11.6. The van der Waals surface area contributed by atoms with E-state index in [-0.39, 0.29) is 29.3 Å². The van der Waals surface area contributed by atoms with Gasteiger partial charge >= 0.3 is 16.5 Å². The van der Waals surface area contributed by atoms with E-state index in [0.717, 1.165) is 0 Å². The molecule has 0 aliphatic carbocycles. The van der Waals surface area contributed by atoms with E-state index < -0.39 is 24.0 Å². The SMILES string of the molecule is N[C@@H](Cc1c[nH]cn1)C(=O)[O-].N[C@@H](Cc1c[nH]cn1)C(=O)[O-].[Ni+2]. The third-order valence-electron chi connectivity index (χ3n) is 2.57. The van der Waals surface area contributed by atoms with Crippen LogP contribution in [0, 0.1) is 0 Å². The molecule has 0 aromatic carbocycles. The van der Waals surface area contributed by atoms with Crippen molar-refractivity contribution in [3.8, 4) is 0 Å². The van der Waals surface area contributed by atoms with E-state index in [1.54, 1.807) is 12.4 Å². The molecular formula is C12H16N6NiO4. The average Bonchev–Trinajstić information content (AvgIpc) is 3.12. The summed E-state index contributed by atoms with van der Waals surface area (Å²) < 4.78 is 0. The van der Waals surface area contributed by atoms with Crippen molar-refractivity contribution < 1.29 is 36.3 Å². The van der Waals surface area contributed by atoms with Gasteiger partial charge in [-0.1, -0.05) is 0 Å². The fourth-order valence-electron chi connectivity index (χ4n) is 1.42. The number of nitrogens with two attached hydrogens (primary N) is 2. The fraction of sp³-hybridized carbons (Fsp3) is 0.333. The molecule has 0 aliphatic heterocycles. The first-order valence-electron chi connectivity index (χ1n) is 6.28. The number of carboxylic acids is 2. The maximum Gasteiger partial charge on any atom is 2.00 e. The van der Waals surface area contributed by atoms with Gasteiger partial charge in [0.25, 0.3) is 0 Å². The van der Waals surface area contributed by atoms with Crippen LogP contribution in [0.5, 0.6) is 0 Å². The number of hydrogen-bond donors (Lipinski definition) is 4. The molecule has 11 heteroatoms. The van der Waals surface area contributed by atoms with Gasteiger partial charge in [-0.3, -0.25) is 0 Å². The first kappa shape index (κ1) is 20.8. The van der Waals surface area contributed by atoms with Gasteiger partial charge in [0, 0.05) is 37.3 Å². The standard InChI is InChI=1S/2C6H9N3O2.Ni/c2*7-5(6(10)11)1-4-2-8-3-9-4;/h2*2-3,5H,1,7H2,(H,8,9)(H,10,11);/q;;+2/p-2/t2*5-;/m00./s1. The van der Waals surface area contributed by atoms with Crippen LogP contribution >= 0.6 is 0 Å². The Morgan fingerprint density at radius 3 is 1.52 bits per heavy atom. The number of aliphatic carboxylic acids is 2. The van der Waals surface area contributed by atoms with Crippen LogP contribution in [-0.2, 0) is 38.9 Å². The van der Waals surface area contributed by atoms with Crippen LogP contribution in [0.1, 0.15) is 11.4 Å². The molecule has 2 heterocycles. The van der Waals surface area contributed by atoms with Crippen LogP contribution < -0.4 is 21.7 Å². The van der Waals surface area contributed by atoms with Gasteiger partial charge in [0.1, 0.15) is 0 Å². The van der Waals surface area contributed by atoms with E-state index in [4.69, 9.17) is 11.5 Å². The number of rotatable bonds is 6. The molecule has 23 heavy (non-hydrogen) atoms. The van der Waals surface area contributed by atoms with E-state index in [2.05, 4.69) is 19.9 Å². The quantitative estimate of drug-likeness (QED) is 0.372. The fourth-order valence-corrected chi connectivity index (χ4v) is 1.42. The Labute approximate surface area is 141 Å². The maximum atomic E-state index is 10.2. The minimum absolute atomic E-state index is 0. The van der Waals surface area contributed by atoms with Gasteiger partial charge < -0.3 is 41.2 Å². The number of hydrogen-bond acceptors (Lipinski definition) is 8. The summed E-state index contributed by atoms with van der Waals surface area (Å²) in [6.07, 6.45) is 6.54. The molecule has 0 amide bonds. The van der Waals surface area contributed by atoms with Gasteiger partial charge in [0.05, 0.1) is 36.0 Å². The molecule has 0 unspecified atom stereocenters. The number of carbonyl (C=O) groups is 2. The topological polar surface area (TPSA) is 190 Å². The van der Waals surface area contributed by atoms with Crippen LogP contribution in [0.3, 0.4) is 0 Å². The zero-order valence-corrected chi connectivity index (χ0v) is 12.9. The van der Waals surface area contributed by atoms with Crippen molar-refractivity contribution in [3.63, 3.8) is 0 Å². The normalized spacial score (nSPS) is 12.3. The van der Waals surface area contributed by atoms with Crippen molar-refractivity contribution >= 4 is 11.9 Å². The van der Waals surface area contributed by atoms with Crippen LogP contribution in [0.25, 0.3) is 0 Å². The first-order chi connectivity index (χ1) is 10.4. The number of aromatic amines is 2. The molecule has 0 bridgehead atoms.